The number of carbonyl (C=O) groups excluding carboxylic acids is 2. The summed E-state index contributed by atoms with van der Waals surface area (Å²) in [5.41, 5.74) is 1.68. The van der Waals surface area contributed by atoms with Crippen molar-refractivity contribution in [1.82, 2.24) is 19.9 Å². The van der Waals surface area contributed by atoms with Gasteiger partial charge in [-0.2, -0.15) is 0 Å². The summed E-state index contributed by atoms with van der Waals surface area (Å²) in [7, 11) is 1.55. The first-order valence-electron chi connectivity index (χ1n) is 15.2. The molecule has 11 heteroatoms. The normalized spacial score (nSPS) is 17.5. The smallest absolute Gasteiger partial charge is 0.259 e. The van der Waals surface area contributed by atoms with Crippen molar-refractivity contribution in [2.24, 2.45) is 10.8 Å². The summed E-state index contributed by atoms with van der Waals surface area (Å²) < 4.78 is 31.9. The summed E-state index contributed by atoms with van der Waals surface area (Å²) in [6.45, 7) is 9.11. The minimum Gasteiger partial charge on any atom is -0.371 e. The Morgan fingerprint density at radius 2 is 1.31 bits per heavy atom. The lowest BCUT2D eigenvalue weighted by molar-refractivity contribution is -0.129. The summed E-state index contributed by atoms with van der Waals surface area (Å²) >= 11 is 0. The highest BCUT2D eigenvalue weighted by Crippen LogP contribution is 2.34. The summed E-state index contributed by atoms with van der Waals surface area (Å²) in [4.78, 5) is 44.4. The molecule has 48 heavy (non-hydrogen) atoms. The number of aromatic nitrogens is 4. The van der Waals surface area contributed by atoms with Gasteiger partial charge in [-0.15, -0.1) is 0 Å². The molecule has 2 aliphatic heterocycles. The van der Waals surface area contributed by atoms with Crippen molar-refractivity contribution in [3.8, 4) is 23.7 Å². The molecule has 2 saturated heterocycles. The van der Waals surface area contributed by atoms with Crippen molar-refractivity contribution >= 4 is 23.7 Å². The van der Waals surface area contributed by atoms with Gasteiger partial charge in [-0.05, 0) is 35.7 Å². The fourth-order valence-electron chi connectivity index (χ4n) is 5.34. The molecule has 2 aromatic heterocycles. The molecule has 6 rings (SSSR count). The van der Waals surface area contributed by atoms with Crippen molar-refractivity contribution < 1.29 is 23.1 Å². The Labute approximate surface area is 278 Å². The third-order valence-corrected chi connectivity index (χ3v) is 7.67. The quantitative estimate of drug-likeness (QED) is 0.282. The van der Waals surface area contributed by atoms with Crippen LogP contribution in [0.4, 0.5) is 20.7 Å². The van der Waals surface area contributed by atoms with E-state index < -0.39 is 17.7 Å². The Morgan fingerprint density at radius 3 is 1.85 bits per heavy atom. The number of halogens is 2. The fraction of sp³-hybridized carbons (Fsp3) is 0.297. The second-order valence-corrected chi connectivity index (χ2v) is 12.9. The van der Waals surface area contributed by atoms with E-state index in [4.69, 9.17) is 4.74 Å². The van der Waals surface area contributed by atoms with Gasteiger partial charge in [0.15, 0.2) is 0 Å². The van der Waals surface area contributed by atoms with Crippen LogP contribution in [0.3, 0.4) is 0 Å². The third kappa shape index (κ3) is 8.06. The summed E-state index contributed by atoms with van der Waals surface area (Å²) in [5.74, 6) is 10.8. The Kier molecular flexibility index (Phi) is 9.92. The van der Waals surface area contributed by atoms with Gasteiger partial charge in [-0.25, -0.2) is 28.7 Å². The molecule has 0 saturated carbocycles. The minimum absolute atomic E-state index is 0.0133. The predicted octanol–water partition coefficient (Wildman–Crippen LogP) is 5.18. The van der Waals surface area contributed by atoms with Crippen molar-refractivity contribution in [3.63, 3.8) is 0 Å². The largest absolute Gasteiger partial charge is 0.371 e. The summed E-state index contributed by atoms with van der Waals surface area (Å²) in [6.07, 6.45) is 6.18. The van der Waals surface area contributed by atoms with Crippen LogP contribution in [0.2, 0.25) is 0 Å². The molecule has 0 N–H and O–H groups in total. The van der Waals surface area contributed by atoms with Crippen molar-refractivity contribution in [3.05, 3.63) is 107 Å². The SMILES string of the molecule is CC1(C)CC(=O)N(c2ncc(C#Cc3cc(F)ccc3F)cn2)C1.COC1C(=O)N(c2ncc(C#Cc3ccccc3)cn2)CC1(C)C. The van der Waals surface area contributed by atoms with Gasteiger partial charge < -0.3 is 4.74 Å². The van der Waals surface area contributed by atoms with E-state index in [1.165, 1.54) is 12.4 Å². The molecule has 0 radical (unpaired) electrons. The second kappa shape index (κ2) is 14.1. The lowest BCUT2D eigenvalue weighted by atomic mass is 9.90. The van der Waals surface area contributed by atoms with E-state index in [0.717, 1.165) is 23.8 Å². The van der Waals surface area contributed by atoms with Gasteiger partial charge in [-0.3, -0.25) is 19.4 Å². The van der Waals surface area contributed by atoms with Gasteiger partial charge in [0.05, 0.1) is 16.7 Å². The number of hydrogen-bond acceptors (Lipinski definition) is 7. The topological polar surface area (TPSA) is 101 Å². The maximum absolute atomic E-state index is 13.5. The van der Waals surface area contributed by atoms with Gasteiger partial charge >= 0.3 is 0 Å². The van der Waals surface area contributed by atoms with Crippen LogP contribution in [-0.2, 0) is 14.3 Å². The average molecular weight is 649 g/mol. The van der Waals surface area contributed by atoms with E-state index >= 15 is 0 Å². The van der Waals surface area contributed by atoms with Crippen LogP contribution in [0.15, 0.2) is 73.3 Å². The number of amides is 2. The molecule has 244 valence electrons. The molecule has 1 unspecified atom stereocenters. The number of anilines is 2. The molecule has 9 nitrogen and oxygen atoms in total. The van der Waals surface area contributed by atoms with E-state index in [-0.39, 0.29) is 28.2 Å². The van der Waals surface area contributed by atoms with Crippen LogP contribution in [0.1, 0.15) is 56.4 Å². The van der Waals surface area contributed by atoms with Crippen LogP contribution in [-0.4, -0.2) is 58.1 Å². The second-order valence-electron chi connectivity index (χ2n) is 12.9. The van der Waals surface area contributed by atoms with Crippen LogP contribution in [0.5, 0.6) is 0 Å². The molecule has 4 aromatic rings. The lowest BCUT2D eigenvalue weighted by Crippen LogP contribution is -2.33. The molecule has 2 aromatic carbocycles. The summed E-state index contributed by atoms with van der Waals surface area (Å²) in [5, 5.41) is 0. The third-order valence-electron chi connectivity index (χ3n) is 7.67. The van der Waals surface area contributed by atoms with E-state index in [0.29, 0.717) is 42.5 Å². The number of hydrogen-bond donors (Lipinski definition) is 0. The number of rotatable bonds is 3. The van der Waals surface area contributed by atoms with Crippen molar-refractivity contribution in [2.45, 2.75) is 40.2 Å². The molecular formula is C37H34F2N6O3. The highest BCUT2D eigenvalue weighted by atomic mass is 19.1. The molecule has 4 heterocycles. The number of carbonyl (C=O) groups is 2. The predicted molar refractivity (Wildman–Crippen MR) is 177 cm³/mol. The van der Waals surface area contributed by atoms with E-state index in [1.807, 2.05) is 58.0 Å². The van der Waals surface area contributed by atoms with Crippen molar-refractivity contribution in [1.29, 1.82) is 0 Å². The first-order chi connectivity index (χ1) is 22.8. The van der Waals surface area contributed by atoms with Crippen LogP contribution >= 0.6 is 0 Å². The maximum atomic E-state index is 13.5. The van der Waals surface area contributed by atoms with Gasteiger partial charge in [0, 0.05) is 62.4 Å². The molecule has 2 fully saturated rings. The Morgan fingerprint density at radius 1 is 0.750 bits per heavy atom. The van der Waals surface area contributed by atoms with E-state index in [9.17, 15) is 18.4 Å². The van der Waals surface area contributed by atoms with Gasteiger partial charge in [0.25, 0.3) is 5.91 Å². The Balaban J connectivity index is 0.000000188. The van der Waals surface area contributed by atoms with Gasteiger partial charge in [-0.1, -0.05) is 69.6 Å². The van der Waals surface area contributed by atoms with Crippen LogP contribution < -0.4 is 9.80 Å². The van der Waals surface area contributed by atoms with Crippen molar-refractivity contribution in [2.75, 3.05) is 30.0 Å². The highest BCUT2D eigenvalue weighted by Gasteiger charge is 2.48. The zero-order chi connectivity index (χ0) is 34.5. The molecular weight excluding hydrogens is 614 g/mol. The molecule has 2 aliphatic rings. The molecule has 2 amide bonds. The monoisotopic (exact) mass is 648 g/mol. The summed E-state index contributed by atoms with van der Waals surface area (Å²) in [6, 6.07) is 12.8. The molecule has 0 spiro atoms. The fourth-order valence-corrected chi connectivity index (χ4v) is 5.34. The van der Waals surface area contributed by atoms with E-state index in [2.05, 4.69) is 43.6 Å². The zero-order valence-corrected chi connectivity index (χ0v) is 27.3. The maximum Gasteiger partial charge on any atom is 0.259 e. The first kappa shape index (κ1) is 33.8. The zero-order valence-electron chi connectivity index (χ0n) is 27.3. The van der Waals surface area contributed by atoms with E-state index in [1.54, 1.807) is 29.3 Å². The Hall–Kier alpha value is -5.52. The average Bonchev–Trinajstić information content (AvgIpc) is 3.49. The van der Waals surface area contributed by atoms with Crippen LogP contribution in [0, 0.1) is 46.1 Å². The Bertz CT molecular complexity index is 1930. The molecule has 1 atom stereocenters. The van der Waals surface area contributed by atoms with Gasteiger partial charge in [0.1, 0.15) is 17.7 Å². The number of methoxy groups -OCH3 is 1. The standard InChI is InChI=1S/C19H19N3O2.C18H15F2N3O/c1-19(2)13-22(17(23)16(19)24-3)18-20-11-15(12-21-18)10-9-14-7-5-4-6-8-14;1-18(2)8-16(24)23(11-18)17-21-9-12(10-22-17)3-4-13-7-14(19)5-6-15(13)20/h4-8,11-12,16H,13H2,1-3H3;5-7,9-10H,8,11H2,1-2H3. The molecule has 0 aliphatic carbocycles. The minimum atomic E-state index is -0.591. The number of ether oxygens (including phenoxy) is 1. The number of nitrogens with zero attached hydrogens (tertiary/aromatic N) is 6. The lowest BCUT2D eigenvalue weighted by Gasteiger charge is -2.21. The van der Waals surface area contributed by atoms with Crippen LogP contribution in [0.25, 0.3) is 0 Å². The van der Waals surface area contributed by atoms with Gasteiger partial charge in [0.2, 0.25) is 17.8 Å². The first-order valence-corrected chi connectivity index (χ1v) is 15.2. The highest BCUT2D eigenvalue weighted by molar-refractivity contribution is 5.98. The molecule has 0 bridgehead atoms. The number of benzene rings is 2.